The summed E-state index contributed by atoms with van der Waals surface area (Å²) in [6.07, 6.45) is 2.48. The number of carbonyl (C=O) groups excluding carboxylic acids is 1. The molecule has 3 heterocycles. The van der Waals surface area contributed by atoms with E-state index in [4.69, 9.17) is 11.6 Å². The van der Waals surface area contributed by atoms with Gasteiger partial charge >= 0.3 is 0 Å². The molecule has 154 valence electrons. The van der Waals surface area contributed by atoms with E-state index in [9.17, 15) is 4.79 Å². The standard InChI is InChI=1S/C24H30ClN3O/c1-3-27(4-2)24(29)19-10-11-22(21(25)16-19)28(20-8-6-5-7-9-20)23-17-26-14-12-18(23)13-15-26/h5-11,16,18,23H,3-4,12-15,17H2,1-2H3. The van der Waals surface area contributed by atoms with Gasteiger partial charge in [0.2, 0.25) is 0 Å². The van der Waals surface area contributed by atoms with Crippen LogP contribution in [0.2, 0.25) is 5.02 Å². The smallest absolute Gasteiger partial charge is 0.253 e. The number of benzene rings is 2. The van der Waals surface area contributed by atoms with E-state index in [-0.39, 0.29) is 5.91 Å². The summed E-state index contributed by atoms with van der Waals surface area (Å²) in [7, 11) is 0. The summed E-state index contributed by atoms with van der Waals surface area (Å²) in [4.78, 5) is 19.6. The lowest BCUT2D eigenvalue weighted by Crippen LogP contribution is -2.56. The lowest BCUT2D eigenvalue weighted by molar-refractivity contribution is 0.0773. The Morgan fingerprint density at radius 3 is 2.31 bits per heavy atom. The van der Waals surface area contributed by atoms with Gasteiger partial charge in [-0.2, -0.15) is 0 Å². The molecular weight excluding hydrogens is 382 g/mol. The van der Waals surface area contributed by atoms with Crippen molar-refractivity contribution in [1.29, 1.82) is 0 Å². The molecule has 3 saturated heterocycles. The Kier molecular flexibility index (Phi) is 6.12. The minimum absolute atomic E-state index is 0.0394. The highest BCUT2D eigenvalue weighted by molar-refractivity contribution is 6.33. The molecule has 0 aromatic heterocycles. The van der Waals surface area contributed by atoms with E-state index in [1.165, 1.54) is 25.9 Å². The third kappa shape index (κ3) is 4.01. The molecule has 0 saturated carbocycles. The van der Waals surface area contributed by atoms with Crippen molar-refractivity contribution in [1.82, 2.24) is 9.80 Å². The van der Waals surface area contributed by atoms with Crippen molar-refractivity contribution in [3.05, 3.63) is 59.1 Å². The number of amides is 1. The van der Waals surface area contributed by atoms with Gasteiger partial charge in [0.15, 0.2) is 0 Å². The first-order valence-electron chi connectivity index (χ1n) is 10.8. The number of nitrogens with zero attached hydrogens (tertiary/aromatic N) is 3. The van der Waals surface area contributed by atoms with Crippen LogP contribution in [-0.2, 0) is 0 Å². The van der Waals surface area contributed by atoms with Gasteiger partial charge in [-0.3, -0.25) is 4.79 Å². The van der Waals surface area contributed by atoms with Gasteiger partial charge in [-0.1, -0.05) is 29.8 Å². The second-order valence-corrected chi connectivity index (χ2v) is 8.46. The molecule has 4 nitrogen and oxygen atoms in total. The van der Waals surface area contributed by atoms with E-state index in [1.54, 1.807) is 0 Å². The molecule has 0 N–H and O–H groups in total. The van der Waals surface area contributed by atoms with E-state index in [1.807, 2.05) is 43.0 Å². The van der Waals surface area contributed by atoms with Crippen molar-refractivity contribution in [2.75, 3.05) is 37.6 Å². The van der Waals surface area contributed by atoms with Crippen LogP contribution in [0.3, 0.4) is 0 Å². The first-order chi connectivity index (χ1) is 14.1. The van der Waals surface area contributed by atoms with E-state index in [2.05, 4.69) is 34.1 Å². The molecule has 1 atom stereocenters. The highest BCUT2D eigenvalue weighted by Crippen LogP contribution is 2.41. The Hall–Kier alpha value is -2.04. The van der Waals surface area contributed by atoms with Crippen LogP contribution < -0.4 is 4.90 Å². The molecule has 3 aliphatic heterocycles. The SMILES string of the molecule is CCN(CC)C(=O)c1ccc(N(c2ccccc2)C2CN3CCC2CC3)c(Cl)c1. The third-order valence-electron chi connectivity index (χ3n) is 6.49. The fraction of sp³-hybridized carbons (Fsp3) is 0.458. The number of para-hydroxylation sites is 1. The minimum Gasteiger partial charge on any atom is -0.339 e. The molecule has 5 rings (SSSR count). The van der Waals surface area contributed by atoms with Crippen LogP contribution in [0.1, 0.15) is 37.0 Å². The lowest BCUT2D eigenvalue weighted by atomic mass is 9.82. The summed E-state index contributed by atoms with van der Waals surface area (Å²) in [6.45, 7) is 8.87. The van der Waals surface area contributed by atoms with Crippen molar-refractivity contribution in [2.24, 2.45) is 5.92 Å². The Morgan fingerprint density at radius 1 is 1.07 bits per heavy atom. The number of piperidine rings is 3. The van der Waals surface area contributed by atoms with Gasteiger partial charge in [0.1, 0.15) is 0 Å². The van der Waals surface area contributed by atoms with Crippen LogP contribution in [0.5, 0.6) is 0 Å². The molecule has 1 unspecified atom stereocenters. The number of fused-ring (bicyclic) bond motifs is 3. The summed E-state index contributed by atoms with van der Waals surface area (Å²) in [5.41, 5.74) is 2.81. The number of anilines is 2. The fourth-order valence-corrected chi connectivity index (χ4v) is 5.12. The molecular formula is C24H30ClN3O. The molecule has 3 aliphatic rings. The molecule has 0 radical (unpaired) electrons. The van der Waals surface area contributed by atoms with Crippen LogP contribution in [0.4, 0.5) is 11.4 Å². The Bertz CT molecular complexity index is 844. The Balaban J connectivity index is 1.71. The van der Waals surface area contributed by atoms with Crippen molar-refractivity contribution in [3.8, 4) is 0 Å². The quantitative estimate of drug-likeness (QED) is 0.665. The summed E-state index contributed by atoms with van der Waals surface area (Å²) in [5, 5.41) is 0.642. The van der Waals surface area contributed by atoms with Gasteiger partial charge in [-0.15, -0.1) is 0 Å². The topological polar surface area (TPSA) is 26.8 Å². The molecule has 0 aliphatic carbocycles. The predicted molar refractivity (Wildman–Crippen MR) is 120 cm³/mol. The molecule has 2 bridgehead atoms. The highest BCUT2D eigenvalue weighted by atomic mass is 35.5. The first kappa shape index (κ1) is 20.2. The second kappa shape index (κ2) is 8.76. The minimum atomic E-state index is 0.0394. The van der Waals surface area contributed by atoms with Crippen LogP contribution in [0, 0.1) is 5.92 Å². The van der Waals surface area contributed by atoms with Crippen molar-refractivity contribution in [3.63, 3.8) is 0 Å². The summed E-state index contributed by atoms with van der Waals surface area (Å²) < 4.78 is 0. The van der Waals surface area contributed by atoms with Gasteiger partial charge in [0.25, 0.3) is 5.91 Å². The van der Waals surface area contributed by atoms with Crippen molar-refractivity contribution in [2.45, 2.75) is 32.7 Å². The lowest BCUT2D eigenvalue weighted by Gasteiger charge is -2.50. The highest BCUT2D eigenvalue weighted by Gasteiger charge is 2.38. The molecule has 1 amide bonds. The van der Waals surface area contributed by atoms with Crippen molar-refractivity contribution >= 4 is 28.9 Å². The summed E-state index contributed by atoms with van der Waals surface area (Å²) in [5.74, 6) is 0.714. The van der Waals surface area contributed by atoms with Gasteiger partial charge in [0, 0.05) is 36.9 Å². The van der Waals surface area contributed by atoms with Crippen molar-refractivity contribution < 1.29 is 4.79 Å². The molecule has 0 spiro atoms. The number of halogens is 1. The third-order valence-corrected chi connectivity index (χ3v) is 6.80. The number of hydrogen-bond acceptors (Lipinski definition) is 3. The van der Waals surface area contributed by atoms with Crippen LogP contribution in [0.25, 0.3) is 0 Å². The van der Waals surface area contributed by atoms with Gasteiger partial charge in [0.05, 0.1) is 10.7 Å². The van der Waals surface area contributed by atoms with E-state index < -0.39 is 0 Å². The van der Waals surface area contributed by atoms with Crippen LogP contribution >= 0.6 is 11.6 Å². The average molecular weight is 412 g/mol. The maximum absolute atomic E-state index is 12.8. The largest absolute Gasteiger partial charge is 0.339 e. The van der Waals surface area contributed by atoms with Crippen LogP contribution in [0.15, 0.2) is 48.5 Å². The summed E-state index contributed by atoms with van der Waals surface area (Å²) in [6, 6.07) is 16.7. The maximum atomic E-state index is 12.8. The maximum Gasteiger partial charge on any atom is 0.253 e. The Labute approximate surface area is 179 Å². The van der Waals surface area contributed by atoms with Gasteiger partial charge in [-0.25, -0.2) is 0 Å². The predicted octanol–water partition coefficient (Wildman–Crippen LogP) is 5.05. The zero-order chi connectivity index (χ0) is 20.4. The number of rotatable bonds is 6. The molecule has 29 heavy (non-hydrogen) atoms. The molecule has 5 heteroatoms. The zero-order valence-electron chi connectivity index (χ0n) is 17.4. The fourth-order valence-electron chi connectivity index (χ4n) is 4.85. The molecule has 3 fully saturated rings. The second-order valence-electron chi connectivity index (χ2n) is 8.05. The summed E-state index contributed by atoms with van der Waals surface area (Å²) >= 11 is 6.80. The normalized spacial score (nSPS) is 23.1. The van der Waals surface area contributed by atoms with E-state index in [0.717, 1.165) is 17.9 Å². The average Bonchev–Trinajstić information content (AvgIpc) is 2.77. The van der Waals surface area contributed by atoms with E-state index in [0.29, 0.717) is 35.6 Å². The van der Waals surface area contributed by atoms with Gasteiger partial charge < -0.3 is 14.7 Å². The first-order valence-corrected chi connectivity index (χ1v) is 11.2. The number of carbonyl (C=O) groups is 1. The molecule has 2 aromatic carbocycles. The van der Waals surface area contributed by atoms with Crippen LogP contribution in [-0.4, -0.2) is 54.5 Å². The van der Waals surface area contributed by atoms with E-state index >= 15 is 0 Å². The zero-order valence-corrected chi connectivity index (χ0v) is 18.1. The Morgan fingerprint density at radius 2 is 1.76 bits per heavy atom. The monoisotopic (exact) mass is 411 g/mol. The number of hydrogen-bond donors (Lipinski definition) is 0. The van der Waals surface area contributed by atoms with Gasteiger partial charge in [-0.05, 0) is 76.0 Å². The molecule has 2 aromatic rings.